The molecule has 0 unspecified atom stereocenters. The molecule has 0 saturated carbocycles. The molecule has 0 N–H and O–H groups in total. The number of amides is 1. The number of hydrogen-bond acceptors (Lipinski definition) is 2. The van der Waals surface area contributed by atoms with E-state index < -0.39 is 0 Å². The van der Waals surface area contributed by atoms with E-state index in [0.29, 0.717) is 11.1 Å². The summed E-state index contributed by atoms with van der Waals surface area (Å²) in [6.07, 6.45) is 5.10. The van der Waals surface area contributed by atoms with Gasteiger partial charge in [-0.05, 0) is 36.8 Å². The SMILES string of the molecule is CC(=O)N1CCC[C@H](Cc2ccc(Cl)nc2)C1. The van der Waals surface area contributed by atoms with Crippen molar-refractivity contribution in [3.05, 3.63) is 29.0 Å². The van der Waals surface area contributed by atoms with Gasteiger partial charge in [-0.25, -0.2) is 4.98 Å². The Kier molecular flexibility index (Phi) is 4.00. The van der Waals surface area contributed by atoms with Crippen LogP contribution in [-0.2, 0) is 11.2 Å². The van der Waals surface area contributed by atoms with E-state index in [1.165, 1.54) is 12.0 Å². The van der Waals surface area contributed by atoms with Crippen LogP contribution >= 0.6 is 11.6 Å². The first-order valence-corrected chi connectivity index (χ1v) is 6.39. The Morgan fingerprint density at radius 2 is 2.41 bits per heavy atom. The van der Waals surface area contributed by atoms with Gasteiger partial charge >= 0.3 is 0 Å². The van der Waals surface area contributed by atoms with Gasteiger partial charge in [0, 0.05) is 26.2 Å². The van der Waals surface area contributed by atoms with Crippen LogP contribution in [0.5, 0.6) is 0 Å². The number of halogens is 1. The second kappa shape index (κ2) is 5.50. The number of carbonyl (C=O) groups excluding carboxylic acids is 1. The van der Waals surface area contributed by atoms with E-state index in [1.807, 2.05) is 23.2 Å². The lowest BCUT2D eigenvalue weighted by atomic mass is 9.92. The molecule has 1 aliphatic heterocycles. The molecule has 1 saturated heterocycles. The molecule has 1 fully saturated rings. The number of likely N-dealkylation sites (tertiary alicyclic amines) is 1. The van der Waals surface area contributed by atoms with Crippen molar-refractivity contribution in [2.45, 2.75) is 26.2 Å². The van der Waals surface area contributed by atoms with E-state index in [0.717, 1.165) is 25.9 Å². The van der Waals surface area contributed by atoms with E-state index in [1.54, 1.807) is 6.92 Å². The molecule has 2 heterocycles. The molecule has 1 aliphatic rings. The average Bonchev–Trinajstić information content (AvgIpc) is 2.32. The Labute approximate surface area is 107 Å². The molecule has 17 heavy (non-hydrogen) atoms. The molecule has 1 aromatic rings. The van der Waals surface area contributed by atoms with Crippen molar-refractivity contribution in [1.29, 1.82) is 0 Å². The normalized spacial score (nSPS) is 20.4. The minimum atomic E-state index is 0.184. The summed E-state index contributed by atoms with van der Waals surface area (Å²) in [5.41, 5.74) is 1.20. The number of hydrogen-bond donors (Lipinski definition) is 0. The summed E-state index contributed by atoms with van der Waals surface area (Å²) in [7, 11) is 0. The van der Waals surface area contributed by atoms with Gasteiger partial charge in [0.05, 0.1) is 0 Å². The largest absolute Gasteiger partial charge is 0.343 e. The first kappa shape index (κ1) is 12.4. The van der Waals surface area contributed by atoms with Crippen LogP contribution in [0.15, 0.2) is 18.3 Å². The third-order valence-electron chi connectivity index (χ3n) is 3.28. The molecular formula is C13H17ClN2O. The molecule has 0 bridgehead atoms. The monoisotopic (exact) mass is 252 g/mol. The Bertz CT molecular complexity index is 391. The molecule has 1 amide bonds. The molecular weight excluding hydrogens is 236 g/mol. The zero-order valence-corrected chi connectivity index (χ0v) is 10.8. The van der Waals surface area contributed by atoms with Crippen LogP contribution in [0.4, 0.5) is 0 Å². The van der Waals surface area contributed by atoms with Gasteiger partial charge in [0.2, 0.25) is 5.91 Å². The lowest BCUT2D eigenvalue weighted by molar-refractivity contribution is -0.130. The standard InChI is InChI=1S/C13H17ClN2O/c1-10(17)16-6-2-3-12(9-16)7-11-4-5-13(14)15-8-11/h4-5,8,12H,2-3,6-7,9H2,1H3/t12-/m1/s1. The maximum absolute atomic E-state index is 11.3. The van der Waals surface area contributed by atoms with Crippen LogP contribution in [0.3, 0.4) is 0 Å². The first-order valence-electron chi connectivity index (χ1n) is 6.01. The third-order valence-corrected chi connectivity index (χ3v) is 3.50. The molecule has 2 rings (SSSR count). The third kappa shape index (κ3) is 3.43. The highest BCUT2D eigenvalue weighted by Crippen LogP contribution is 2.21. The highest BCUT2D eigenvalue weighted by atomic mass is 35.5. The number of piperidine rings is 1. The zero-order valence-electron chi connectivity index (χ0n) is 10.0. The van der Waals surface area contributed by atoms with E-state index >= 15 is 0 Å². The van der Waals surface area contributed by atoms with E-state index in [2.05, 4.69) is 4.98 Å². The number of carbonyl (C=O) groups is 1. The van der Waals surface area contributed by atoms with Crippen LogP contribution in [0.25, 0.3) is 0 Å². The maximum Gasteiger partial charge on any atom is 0.219 e. The fraction of sp³-hybridized carbons (Fsp3) is 0.538. The number of nitrogens with zero attached hydrogens (tertiary/aromatic N) is 2. The van der Waals surface area contributed by atoms with Crippen molar-refractivity contribution in [3.63, 3.8) is 0 Å². The van der Waals surface area contributed by atoms with Crippen molar-refractivity contribution in [2.75, 3.05) is 13.1 Å². The smallest absolute Gasteiger partial charge is 0.219 e. The molecule has 3 nitrogen and oxygen atoms in total. The van der Waals surface area contributed by atoms with Crippen LogP contribution in [-0.4, -0.2) is 28.9 Å². The fourth-order valence-electron chi connectivity index (χ4n) is 2.38. The predicted octanol–water partition coefficient (Wildman–Crippen LogP) is 2.54. The summed E-state index contributed by atoms with van der Waals surface area (Å²) in [5.74, 6) is 0.736. The topological polar surface area (TPSA) is 33.2 Å². The van der Waals surface area contributed by atoms with Gasteiger partial charge in [-0.1, -0.05) is 17.7 Å². The van der Waals surface area contributed by atoms with Crippen molar-refractivity contribution in [2.24, 2.45) is 5.92 Å². The molecule has 4 heteroatoms. The summed E-state index contributed by atoms with van der Waals surface area (Å²) < 4.78 is 0. The van der Waals surface area contributed by atoms with Crippen molar-refractivity contribution < 1.29 is 4.79 Å². The minimum absolute atomic E-state index is 0.184. The predicted molar refractivity (Wildman–Crippen MR) is 67.9 cm³/mol. The number of rotatable bonds is 2. The zero-order chi connectivity index (χ0) is 12.3. The fourth-order valence-corrected chi connectivity index (χ4v) is 2.49. The number of aromatic nitrogens is 1. The van der Waals surface area contributed by atoms with Gasteiger partial charge < -0.3 is 4.90 Å². The molecule has 92 valence electrons. The Morgan fingerprint density at radius 1 is 1.59 bits per heavy atom. The molecule has 1 aromatic heterocycles. The second-order valence-electron chi connectivity index (χ2n) is 4.67. The highest BCUT2D eigenvalue weighted by Gasteiger charge is 2.21. The van der Waals surface area contributed by atoms with E-state index in [-0.39, 0.29) is 5.91 Å². The van der Waals surface area contributed by atoms with Crippen molar-refractivity contribution >= 4 is 17.5 Å². The summed E-state index contributed by atoms with van der Waals surface area (Å²) in [6.45, 7) is 3.43. The Balaban J connectivity index is 1.94. The summed E-state index contributed by atoms with van der Waals surface area (Å²) in [5, 5.41) is 0.530. The van der Waals surface area contributed by atoms with Crippen LogP contribution < -0.4 is 0 Å². The Morgan fingerprint density at radius 3 is 3.06 bits per heavy atom. The van der Waals surface area contributed by atoms with Crippen LogP contribution in [0.2, 0.25) is 5.15 Å². The lowest BCUT2D eigenvalue weighted by Crippen LogP contribution is -2.39. The lowest BCUT2D eigenvalue weighted by Gasteiger charge is -2.32. The molecule has 0 aromatic carbocycles. The molecule has 0 spiro atoms. The molecule has 1 atom stereocenters. The van der Waals surface area contributed by atoms with Gasteiger partial charge in [-0.3, -0.25) is 4.79 Å². The van der Waals surface area contributed by atoms with Crippen molar-refractivity contribution in [1.82, 2.24) is 9.88 Å². The van der Waals surface area contributed by atoms with Gasteiger partial charge in [0.15, 0.2) is 0 Å². The van der Waals surface area contributed by atoms with Gasteiger partial charge in [-0.2, -0.15) is 0 Å². The first-order chi connectivity index (χ1) is 8.15. The van der Waals surface area contributed by atoms with Crippen molar-refractivity contribution in [3.8, 4) is 0 Å². The highest BCUT2D eigenvalue weighted by molar-refractivity contribution is 6.29. The Hall–Kier alpha value is -1.09. The van der Waals surface area contributed by atoms with Gasteiger partial charge in [-0.15, -0.1) is 0 Å². The summed E-state index contributed by atoms with van der Waals surface area (Å²) in [4.78, 5) is 17.4. The average molecular weight is 253 g/mol. The van der Waals surface area contributed by atoms with Crippen LogP contribution in [0.1, 0.15) is 25.3 Å². The second-order valence-corrected chi connectivity index (χ2v) is 5.05. The summed E-state index contributed by atoms with van der Waals surface area (Å²) in [6, 6.07) is 3.84. The van der Waals surface area contributed by atoms with Crippen LogP contribution in [0, 0.1) is 5.92 Å². The van der Waals surface area contributed by atoms with E-state index in [9.17, 15) is 4.79 Å². The summed E-state index contributed by atoms with van der Waals surface area (Å²) >= 11 is 5.76. The van der Waals surface area contributed by atoms with Gasteiger partial charge in [0.1, 0.15) is 5.15 Å². The maximum atomic E-state index is 11.3. The molecule has 0 radical (unpaired) electrons. The molecule has 0 aliphatic carbocycles. The number of pyridine rings is 1. The van der Waals surface area contributed by atoms with E-state index in [4.69, 9.17) is 11.6 Å². The minimum Gasteiger partial charge on any atom is -0.343 e. The quantitative estimate of drug-likeness (QED) is 0.758. The van der Waals surface area contributed by atoms with Gasteiger partial charge in [0.25, 0.3) is 0 Å².